The molecule has 0 saturated carbocycles. The molecule has 22 heavy (non-hydrogen) atoms. The molecule has 4 nitrogen and oxygen atoms in total. The fourth-order valence-electron chi connectivity index (χ4n) is 2.10. The van der Waals surface area contributed by atoms with Crippen LogP contribution < -0.4 is 14.8 Å². The van der Waals surface area contributed by atoms with Crippen molar-refractivity contribution in [1.29, 1.82) is 0 Å². The second-order valence-corrected chi connectivity index (χ2v) is 6.05. The fourth-order valence-corrected chi connectivity index (χ4v) is 2.79. The summed E-state index contributed by atoms with van der Waals surface area (Å²) in [5.74, 6) is 0.975. The van der Waals surface area contributed by atoms with Crippen molar-refractivity contribution in [2.24, 2.45) is 0 Å². The van der Waals surface area contributed by atoms with Gasteiger partial charge in [-0.05, 0) is 65.8 Å². The van der Waals surface area contributed by atoms with Crippen molar-refractivity contribution in [2.75, 3.05) is 19.5 Å². The zero-order valence-corrected chi connectivity index (χ0v) is 15.1. The van der Waals surface area contributed by atoms with Gasteiger partial charge in [-0.25, -0.2) is 0 Å². The lowest BCUT2D eigenvalue weighted by atomic mass is 10.1. The van der Waals surface area contributed by atoms with Crippen molar-refractivity contribution in [3.63, 3.8) is 0 Å². The van der Waals surface area contributed by atoms with E-state index in [1.54, 1.807) is 26.4 Å². The SMILES string of the molecule is COc1cc(I)c(C(=O)Nc2cccc(C)c2C)cc1OC. The second kappa shape index (κ2) is 7.00. The summed E-state index contributed by atoms with van der Waals surface area (Å²) in [5, 5.41) is 2.96. The first-order valence-electron chi connectivity index (χ1n) is 6.77. The molecule has 2 aromatic carbocycles. The average molecular weight is 411 g/mol. The Morgan fingerprint density at radius 2 is 1.73 bits per heavy atom. The Hall–Kier alpha value is -1.76. The van der Waals surface area contributed by atoms with E-state index < -0.39 is 0 Å². The summed E-state index contributed by atoms with van der Waals surface area (Å²) in [6.45, 7) is 4.01. The Balaban J connectivity index is 2.35. The van der Waals surface area contributed by atoms with E-state index in [0.717, 1.165) is 20.4 Å². The first-order chi connectivity index (χ1) is 10.5. The molecule has 0 atom stereocenters. The average Bonchev–Trinajstić information content (AvgIpc) is 2.51. The second-order valence-electron chi connectivity index (χ2n) is 4.89. The van der Waals surface area contributed by atoms with Crippen molar-refractivity contribution in [2.45, 2.75) is 13.8 Å². The number of benzene rings is 2. The Bertz CT molecular complexity index is 713. The number of anilines is 1. The van der Waals surface area contributed by atoms with Gasteiger partial charge in [0.1, 0.15) is 0 Å². The van der Waals surface area contributed by atoms with Crippen LogP contribution in [-0.2, 0) is 0 Å². The monoisotopic (exact) mass is 411 g/mol. The number of amides is 1. The molecule has 116 valence electrons. The van der Waals surface area contributed by atoms with Crippen LogP contribution in [-0.4, -0.2) is 20.1 Å². The Morgan fingerprint density at radius 1 is 1.09 bits per heavy atom. The molecule has 0 aliphatic heterocycles. The van der Waals surface area contributed by atoms with Crippen LogP contribution in [0.2, 0.25) is 0 Å². The molecule has 0 spiro atoms. The van der Waals surface area contributed by atoms with Gasteiger partial charge in [-0.15, -0.1) is 0 Å². The predicted molar refractivity (Wildman–Crippen MR) is 96.1 cm³/mol. The summed E-state index contributed by atoms with van der Waals surface area (Å²) in [6.07, 6.45) is 0. The van der Waals surface area contributed by atoms with Crippen LogP contribution in [0.4, 0.5) is 5.69 Å². The summed E-state index contributed by atoms with van der Waals surface area (Å²) in [5.41, 5.74) is 3.57. The molecule has 0 aliphatic rings. The van der Waals surface area contributed by atoms with Crippen LogP contribution >= 0.6 is 22.6 Å². The largest absolute Gasteiger partial charge is 0.493 e. The maximum absolute atomic E-state index is 12.6. The van der Waals surface area contributed by atoms with Crippen molar-refractivity contribution in [3.05, 3.63) is 50.6 Å². The van der Waals surface area contributed by atoms with Gasteiger partial charge in [0.2, 0.25) is 0 Å². The molecule has 1 N–H and O–H groups in total. The summed E-state index contributed by atoms with van der Waals surface area (Å²) in [4.78, 5) is 12.6. The normalized spacial score (nSPS) is 10.2. The molecule has 0 aromatic heterocycles. The van der Waals surface area contributed by atoms with Crippen LogP contribution in [0.5, 0.6) is 11.5 Å². The van der Waals surface area contributed by atoms with Gasteiger partial charge in [-0.3, -0.25) is 4.79 Å². The van der Waals surface area contributed by atoms with E-state index in [4.69, 9.17) is 9.47 Å². The van der Waals surface area contributed by atoms with Crippen molar-refractivity contribution >= 4 is 34.2 Å². The number of aryl methyl sites for hydroxylation is 1. The maximum atomic E-state index is 12.6. The van der Waals surface area contributed by atoms with Gasteiger partial charge in [0.05, 0.1) is 19.8 Å². The third kappa shape index (κ3) is 3.35. The van der Waals surface area contributed by atoms with Gasteiger partial charge in [0.15, 0.2) is 11.5 Å². The molecule has 0 radical (unpaired) electrons. The van der Waals surface area contributed by atoms with Crippen LogP contribution in [0.25, 0.3) is 0 Å². The summed E-state index contributed by atoms with van der Waals surface area (Å²) in [6, 6.07) is 9.33. The van der Waals surface area contributed by atoms with E-state index in [-0.39, 0.29) is 5.91 Å². The van der Waals surface area contributed by atoms with E-state index >= 15 is 0 Å². The Labute approximate surface area is 144 Å². The lowest BCUT2D eigenvalue weighted by molar-refractivity contribution is 0.102. The van der Waals surface area contributed by atoms with E-state index in [9.17, 15) is 4.79 Å². The molecule has 0 aliphatic carbocycles. The van der Waals surface area contributed by atoms with E-state index in [2.05, 4.69) is 27.9 Å². The number of methoxy groups -OCH3 is 2. The van der Waals surface area contributed by atoms with E-state index in [1.807, 2.05) is 32.0 Å². The van der Waals surface area contributed by atoms with Gasteiger partial charge in [-0.1, -0.05) is 12.1 Å². The standard InChI is InChI=1S/C17H18INO3/c1-10-6-5-7-14(11(10)2)19-17(20)12-8-15(21-3)16(22-4)9-13(12)18/h5-9H,1-4H3,(H,19,20). The van der Waals surface area contributed by atoms with Gasteiger partial charge in [0.25, 0.3) is 5.91 Å². The van der Waals surface area contributed by atoms with E-state index in [1.165, 1.54) is 0 Å². The zero-order chi connectivity index (χ0) is 16.3. The van der Waals surface area contributed by atoms with Crippen molar-refractivity contribution < 1.29 is 14.3 Å². The number of nitrogens with one attached hydrogen (secondary N) is 1. The number of hydrogen-bond acceptors (Lipinski definition) is 3. The molecule has 5 heteroatoms. The quantitative estimate of drug-likeness (QED) is 0.769. The topological polar surface area (TPSA) is 47.6 Å². The fraction of sp³-hybridized carbons (Fsp3) is 0.235. The minimum absolute atomic E-state index is 0.168. The summed E-state index contributed by atoms with van der Waals surface area (Å²) in [7, 11) is 3.13. The Kier molecular flexibility index (Phi) is 5.28. The number of halogens is 1. The molecule has 0 heterocycles. The highest BCUT2D eigenvalue weighted by Gasteiger charge is 2.16. The molecule has 0 saturated heterocycles. The third-order valence-corrected chi connectivity index (χ3v) is 4.46. The van der Waals surface area contributed by atoms with E-state index in [0.29, 0.717) is 17.1 Å². The van der Waals surface area contributed by atoms with Crippen LogP contribution in [0, 0.1) is 17.4 Å². The molecule has 0 fully saturated rings. The highest BCUT2D eigenvalue weighted by atomic mass is 127. The highest BCUT2D eigenvalue weighted by molar-refractivity contribution is 14.1. The maximum Gasteiger partial charge on any atom is 0.256 e. The number of carbonyl (C=O) groups is 1. The molecule has 0 bridgehead atoms. The van der Waals surface area contributed by atoms with Crippen LogP contribution in [0.1, 0.15) is 21.5 Å². The molecule has 0 unspecified atom stereocenters. The molecule has 2 aromatic rings. The summed E-state index contributed by atoms with van der Waals surface area (Å²) < 4.78 is 11.3. The molecular formula is C17H18INO3. The molecule has 2 rings (SSSR count). The van der Waals surface area contributed by atoms with Gasteiger partial charge in [0, 0.05) is 9.26 Å². The minimum Gasteiger partial charge on any atom is -0.493 e. The number of rotatable bonds is 4. The van der Waals surface area contributed by atoms with Crippen LogP contribution in [0.3, 0.4) is 0 Å². The number of hydrogen-bond donors (Lipinski definition) is 1. The zero-order valence-electron chi connectivity index (χ0n) is 13.0. The minimum atomic E-state index is -0.168. The highest BCUT2D eigenvalue weighted by Crippen LogP contribution is 2.32. The lowest BCUT2D eigenvalue weighted by Crippen LogP contribution is -2.15. The number of carbonyl (C=O) groups excluding carboxylic acids is 1. The first-order valence-corrected chi connectivity index (χ1v) is 7.85. The van der Waals surface area contributed by atoms with Crippen molar-refractivity contribution in [3.8, 4) is 11.5 Å². The van der Waals surface area contributed by atoms with Crippen LogP contribution in [0.15, 0.2) is 30.3 Å². The Morgan fingerprint density at radius 3 is 2.36 bits per heavy atom. The van der Waals surface area contributed by atoms with Gasteiger partial charge in [-0.2, -0.15) is 0 Å². The molecule has 1 amide bonds. The lowest BCUT2D eigenvalue weighted by Gasteiger charge is -2.14. The number of ether oxygens (including phenoxy) is 2. The summed E-state index contributed by atoms with van der Waals surface area (Å²) >= 11 is 2.12. The third-order valence-electron chi connectivity index (χ3n) is 3.57. The smallest absolute Gasteiger partial charge is 0.256 e. The van der Waals surface area contributed by atoms with Gasteiger partial charge < -0.3 is 14.8 Å². The molecular weight excluding hydrogens is 393 g/mol. The predicted octanol–water partition coefficient (Wildman–Crippen LogP) is 4.18. The van der Waals surface area contributed by atoms with Gasteiger partial charge >= 0.3 is 0 Å². The van der Waals surface area contributed by atoms with Crippen molar-refractivity contribution in [1.82, 2.24) is 0 Å². The first kappa shape index (κ1) is 16.6.